The Labute approximate surface area is 160 Å². The molecular formula is C20H19FN2O3S. The lowest BCUT2D eigenvalue weighted by molar-refractivity contribution is -0.115. The number of carbonyl (C=O) groups is 1. The van der Waals surface area contributed by atoms with E-state index in [1.165, 1.54) is 23.5 Å². The second-order valence-electron chi connectivity index (χ2n) is 5.90. The van der Waals surface area contributed by atoms with Crippen molar-refractivity contribution >= 4 is 22.9 Å². The van der Waals surface area contributed by atoms with E-state index in [2.05, 4.69) is 10.3 Å². The fourth-order valence-corrected chi connectivity index (χ4v) is 3.43. The molecule has 5 nitrogen and oxygen atoms in total. The molecule has 0 fully saturated rings. The summed E-state index contributed by atoms with van der Waals surface area (Å²) >= 11 is 1.38. The predicted molar refractivity (Wildman–Crippen MR) is 104 cm³/mol. The van der Waals surface area contributed by atoms with Crippen LogP contribution in [0.1, 0.15) is 11.3 Å². The number of hydrogen-bond acceptors (Lipinski definition) is 5. The van der Waals surface area contributed by atoms with E-state index in [1.54, 1.807) is 43.9 Å². The lowest BCUT2D eigenvalue weighted by Crippen LogP contribution is -2.15. The number of ether oxygens (including phenoxy) is 2. The van der Waals surface area contributed by atoms with Gasteiger partial charge in [-0.05, 0) is 30.7 Å². The third-order valence-electron chi connectivity index (χ3n) is 3.97. The van der Waals surface area contributed by atoms with Crippen LogP contribution in [-0.4, -0.2) is 25.1 Å². The standard InChI is InChI=1S/C20H19FN2O3S/c1-12-7-17(25-2)18(26-3)10-16(12)23-19(24)9-15-11-27-20(22-15)13-5-4-6-14(21)8-13/h4-8,10-11H,9H2,1-3H3,(H,23,24). The van der Waals surface area contributed by atoms with Crippen LogP contribution >= 0.6 is 11.3 Å². The first-order valence-electron chi connectivity index (χ1n) is 8.23. The van der Waals surface area contributed by atoms with Gasteiger partial charge in [0.05, 0.1) is 26.3 Å². The summed E-state index contributed by atoms with van der Waals surface area (Å²) in [6.07, 6.45) is 0.125. The van der Waals surface area contributed by atoms with Crippen LogP contribution in [0.3, 0.4) is 0 Å². The highest BCUT2D eigenvalue weighted by Gasteiger charge is 2.13. The summed E-state index contributed by atoms with van der Waals surface area (Å²) in [6, 6.07) is 9.77. The van der Waals surface area contributed by atoms with Crippen LogP contribution in [-0.2, 0) is 11.2 Å². The number of rotatable bonds is 6. The molecular weight excluding hydrogens is 367 g/mol. The average molecular weight is 386 g/mol. The Bertz CT molecular complexity index is 972. The van der Waals surface area contributed by atoms with E-state index in [4.69, 9.17) is 9.47 Å². The number of amides is 1. The van der Waals surface area contributed by atoms with E-state index < -0.39 is 0 Å². The Morgan fingerprint density at radius 3 is 2.63 bits per heavy atom. The Balaban J connectivity index is 1.72. The first-order chi connectivity index (χ1) is 13.0. The Morgan fingerprint density at radius 2 is 1.93 bits per heavy atom. The number of aryl methyl sites for hydroxylation is 1. The second-order valence-corrected chi connectivity index (χ2v) is 6.76. The molecule has 1 heterocycles. The zero-order chi connectivity index (χ0) is 19.4. The number of methoxy groups -OCH3 is 2. The second kappa shape index (κ2) is 8.18. The molecule has 0 saturated heterocycles. The van der Waals surface area contributed by atoms with Gasteiger partial charge in [0.15, 0.2) is 11.5 Å². The topological polar surface area (TPSA) is 60.5 Å². The van der Waals surface area contributed by atoms with Crippen molar-refractivity contribution in [1.29, 1.82) is 0 Å². The molecule has 1 amide bonds. The van der Waals surface area contributed by atoms with Gasteiger partial charge in [0.25, 0.3) is 0 Å². The molecule has 3 rings (SSSR count). The van der Waals surface area contributed by atoms with Gasteiger partial charge < -0.3 is 14.8 Å². The van der Waals surface area contributed by atoms with Gasteiger partial charge in [-0.3, -0.25) is 4.79 Å². The summed E-state index contributed by atoms with van der Waals surface area (Å²) in [5.74, 6) is 0.639. The van der Waals surface area contributed by atoms with Crippen molar-refractivity contribution in [3.05, 3.63) is 58.9 Å². The molecule has 0 aliphatic rings. The zero-order valence-corrected chi connectivity index (χ0v) is 16.0. The summed E-state index contributed by atoms with van der Waals surface area (Å²) in [7, 11) is 3.11. The summed E-state index contributed by atoms with van der Waals surface area (Å²) in [6.45, 7) is 1.88. The van der Waals surface area contributed by atoms with Crippen molar-refractivity contribution in [1.82, 2.24) is 4.98 Å². The lowest BCUT2D eigenvalue weighted by Gasteiger charge is -2.13. The third-order valence-corrected chi connectivity index (χ3v) is 4.91. The van der Waals surface area contributed by atoms with Crippen LogP contribution in [0.2, 0.25) is 0 Å². The highest BCUT2D eigenvalue weighted by Crippen LogP contribution is 2.33. The molecule has 3 aromatic rings. The zero-order valence-electron chi connectivity index (χ0n) is 15.2. The molecule has 0 atom stereocenters. The maximum absolute atomic E-state index is 13.4. The van der Waals surface area contributed by atoms with E-state index >= 15 is 0 Å². The monoisotopic (exact) mass is 386 g/mol. The number of benzene rings is 2. The van der Waals surface area contributed by atoms with E-state index in [0.29, 0.717) is 33.5 Å². The third kappa shape index (κ3) is 4.43. The first-order valence-corrected chi connectivity index (χ1v) is 9.11. The normalized spacial score (nSPS) is 10.5. The Kier molecular flexibility index (Phi) is 5.71. The number of anilines is 1. The number of aromatic nitrogens is 1. The van der Waals surface area contributed by atoms with Gasteiger partial charge >= 0.3 is 0 Å². The lowest BCUT2D eigenvalue weighted by atomic mass is 10.1. The van der Waals surface area contributed by atoms with Crippen LogP contribution in [0.15, 0.2) is 41.8 Å². The van der Waals surface area contributed by atoms with Gasteiger partial charge in [0, 0.05) is 22.7 Å². The Morgan fingerprint density at radius 1 is 1.19 bits per heavy atom. The van der Waals surface area contributed by atoms with Crippen LogP contribution in [0.5, 0.6) is 11.5 Å². The predicted octanol–water partition coefficient (Wildman–Crippen LogP) is 4.46. The van der Waals surface area contributed by atoms with Crippen molar-refractivity contribution in [3.63, 3.8) is 0 Å². The summed E-state index contributed by atoms with van der Waals surface area (Å²) < 4.78 is 23.9. The van der Waals surface area contributed by atoms with Gasteiger partial charge in [-0.2, -0.15) is 0 Å². The minimum absolute atomic E-state index is 0.125. The van der Waals surface area contributed by atoms with Gasteiger partial charge in [-0.15, -0.1) is 11.3 Å². The van der Waals surface area contributed by atoms with Crippen molar-refractivity contribution < 1.29 is 18.7 Å². The molecule has 0 aliphatic carbocycles. The molecule has 1 N–H and O–H groups in total. The molecule has 1 aromatic heterocycles. The fourth-order valence-electron chi connectivity index (χ4n) is 2.62. The number of hydrogen-bond donors (Lipinski definition) is 1. The van der Waals surface area contributed by atoms with Crippen molar-refractivity contribution in [2.24, 2.45) is 0 Å². The highest BCUT2D eigenvalue weighted by atomic mass is 32.1. The number of nitrogens with zero attached hydrogens (tertiary/aromatic N) is 1. The molecule has 27 heavy (non-hydrogen) atoms. The summed E-state index contributed by atoms with van der Waals surface area (Å²) in [5.41, 5.74) is 2.84. The number of thiazole rings is 1. The molecule has 0 unspecified atom stereocenters. The fraction of sp³-hybridized carbons (Fsp3) is 0.200. The van der Waals surface area contributed by atoms with E-state index in [0.717, 1.165) is 5.56 Å². The number of carbonyl (C=O) groups excluding carboxylic acids is 1. The van der Waals surface area contributed by atoms with Crippen molar-refractivity contribution in [3.8, 4) is 22.1 Å². The molecule has 0 spiro atoms. The van der Waals surface area contributed by atoms with E-state index in [9.17, 15) is 9.18 Å². The quantitative estimate of drug-likeness (QED) is 0.680. The Hall–Kier alpha value is -2.93. The number of halogens is 1. The van der Waals surface area contributed by atoms with Gasteiger partial charge in [-0.25, -0.2) is 9.37 Å². The number of nitrogens with one attached hydrogen (secondary N) is 1. The van der Waals surface area contributed by atoms with Crippen LogP contribution in [0, 0.1) is 12.7 Å². The molecule has 0 aliphatic heterocycles. The first kappa shape index (κ1) is 18.8. The van der Waals surface area contributed by atoms with E-state index in [1.807, 2.05) is 6.92 Å². The maximum Gasteiger partial charge on any atom is 0.230 e. The van der Waals surface area contributed by atoms with Crippen molar-refractivity contribution in [2.45, 2.75) is 13.3 Å². The SMILES string of the molecule is COc1cc(C)c(NC(=O)Cc2csc(-c3cccc(F)c3)n2)cc1OC. The van der Waals surface area contributed by atoms with Crippen LogP contribution in [0.4, 0.5) is 10.1 Å². The molecule has 140 valence electrons. The molecule has 0 radical (unpaired) electrons. The smallest absolute Gasteiger partial charge is 0.230 e. The molecule has 2 aromatic carbocycles. The van der Waals surface area contributed by atoms with Gasteiger partial charge in [0.2, 0.25) is 5.91 Å². The van der Waals surface area contributed by atoms with Crippen LogP contribution in [0.25, 0.3) is 10.6 Å². The largest absolute Gasteiger partial charge is 0.493 e. The molecule has 0 bridgehead atoms. The van der Waals surface area contributed by atoms with Gasteiger partial charge in [-0.1, -0.05) is 12.1 Å². The average Bonchev–Trinajstić information content (AvgIpc) is 3.11. The summed E-state index contributed by atoms with van der Waals surface area (Å²) in [5, 5.41) is 5.36. The van der Waals surface area contributed by atoms with Crippen LogP contribution < -0.4 is 14.8 Å². The van der Waals surface area contributed by atoms with Crippen molar-refractivity contribution in [2.75, 3.05) is 19.5 Å². The van der Waals surface area contributed by atoms with Gasteiger partial charge in [0.1, 0.15) is 10.8 Å². The minimum Gasteiger partial charge on any atom is -0.493 e. The summed E-state index contributed by atoms with van der Waals surface area (Å²) in [4.78, 5) is 16.8. The van der Waals surface area contributed by atoms with E-state index in [-0.39, 0.29) is 18.1 Å². The highest BCUT2D eigenvalue weighted by molar-refractivity contribution is 7.13. The minimum atomic E-state index is -0.314. The maximum atomic E-state index is 13.4. The molecule has 7 heteroatoms. The molecule has 0 saturated carbocycles.